The highest BCUT2D eigenvalue weighted by Gasteiger charge is 2.20. The molecule has 3 N–H and O–H groups in total. The van der Waals surface area contributed by atoms with Crippen molar-refractivity contribution in [1.29, 1.82) is 0 Å². The summed E-state index contributed by atoms with van der Waals surface area (Å²) in [6.07, 6.45) is 0. The third-order valence-electron chi connectivity index (χ3n) is 6.00. The number of fused-ring (bicyclic) bond motifs is 2. The number of carbonyl (C=O) groups excluding carboxylic acids is 1. The van der Waals surface area contributed by atoms with Crippen LogP contribution in [0.5, 0.6) is 0 Å². The molecule has 1 aliphatic heterocycles. The molecule has 2 aromatic heterocycles. The van der Waals surface area contributed by atoms with E-state index in [9.17, 15) is 9.59 Å². The van der Waals surface area contributed by atoms with Gasteiger partial charge in [0, 0.05) is 49.1 Å². The fourth-order valence-corrected chi connectivity index (χ4v) is 4.29. The Hall–Kier alpha value is -3.13. The molecule has 1 amide bonds. The average Bonchev–Trinajstić information content (AvgIpc) is 3.21. The third kappa shape index (κ3) is 4.27. The second kappa shape index (κ2) is 9.16. The van der Waals surface area contributed by atoms with E-state index in [1.165, 1.54) is 5.56 Å². The minimum Gasteiger partial charge on any atom is -0.387 e. The van der Waals surface area contributed by atoms with Crippen LogP contribution in [-0.2, 0) is 11.3 Å². The van der Waals surface area contributed by atoms with Gasteiger partial charge in [0.05, 0.1) is 11.3 Å². The number of rotatable bonds is 4. The number of hydrogen-bond donors (Lipinski definition) is 3. The minimum absolute atomic E-state index is 0. The summed E-state index contributed by atoms with van der Waals surface area (Å²) in [4.78, 5) is 34.6. The van der Waals surface area contributed by atoms with Crippen molar-refractivity contribution in [3.8, 4) is 11.3 Å². The Morgan fingerprint density at radius 1 is 0.906 bits per heavy atom. The summed E-state index contributed by atoms with van der Waals surface area (Å²) >= 11 is 0. The molecule has 32 heavy (non-hydrogen) atoms. The van der Waals surface area contributed by atoms with Crippen LogP contribution in [0.15, 0.2) is 59.4 Å². The van der Waals surface area contributed by atoms with E-state index in [1.54, 1.807) is 4.90 Å². The lowest BCUT2D eigenvalue weighted by Gasteiger charge is -2.34. The van der Waals surface area contributed by atoms with Gasteiger partial charge in [0.1, 0.15) is 6.61 Å². The molecule has 4 aromatic rings. The van der Waals surface area contributed by atoms with E-state index in [-0.39, 0.29) is 23.9 Å². The number of aliphatic hydroxyl groups is 1. The number of H-pyrrole nitrogens is 2. The third-order valence-corrected chi connectivity index (χ3v) is 6.00. The van der Waals surface area contributed by atoms with Gasteiger partial charge in [-0.3, -0.25) is 14.5 Å². The van der Waals surface area contributed by atoms with Gasteiger partial charge in [-0.1, -0.05) is 24.3 Å². The highest BCUT2D eigenvalue weighted by atomic mass is 35.5. The van der Waals surface area contributed by atoms with E-state index < -0.39 is 6.61 Å². The molecule has 8 heteroatoms. The van der Waals surface area contributed by atoms with Crippen molar-refractivity contribution in [3.05, 3.63) is 70.5 Å². The topological polar surface area (TPSA) is 92.4 Å². The Kier molecular flexibility index (Phi) is 6.32. The number of hydrogen-bond acceptors (Lipinski definition) is 4. The maximum atomic E-state index is 12.6. The van der Waals surface area contributed by atoms with Gasteiger partial charge >= 0.3 is 0 Å². The van der Waals surface area contributed by atoms with Gasteiger partial charge in [0.15, 0.2) is 0 Å². The van der Waals surface area contributed by atoms with Crippen LogP contribution in [0.25, 0.3) is 33.1 Å². The number of para-hydroxylation sites is 1. The molecule has 0 bridgehead atoms. The number of aromatic nitrogens is 2. The standard InChI is InChI=1S/C24H24N4O3.ClH/c29-15-23(30)28-9-7-27(8-10-28)14-16-5-6-21-18(11-16)13-22(25-21)19-12-17-3-1-2-4-20(17)26-24(19)31;/h1-6,11-13,25,29H,7-10,14-15H2,(H,26,31);1H. The zero-order chi connectivity index (χ0) is 21.4. The second-order valence-electron chi connectivity index (χ2n) is 8.02. The fourth-order valence-electron chi connectivity index (χ4n) is 4.29. The first kappa shape index (κ1) is 22.1. The summed E-state index contributed by atoms with van der Waals surface area (Å²) in [7, 11) is 0. The first-order chi connectivity index (χ1) is 15.1. The lowest BCUT2D eigenvalue weighted by molar-refractivity contribution is -0.135. The largest absolute Gasteiger partial charge is 0.387 e. The molecular weight excluding hydrogens is 428 g/mol. The van der Waals surface area contributed by atoms with E-state index in [4.69, 9.17) is 5.11 Å². The number of piperazine rings is 1. The van der Waals surface area contributed by atoms with Crippen LogP contribution < -0.4 is 5.56 Å². The molecule has 7 nitrogen and oxygen atoms in total. The van der Waals surface area contributed by atoms with E-state index >= 15 is 0 Å². The van der Waals surface area contributed by atoms with Crippen molar-refractivity contribution < 1.29 is 9.90 Å². The van der Waals surface area contributed by atoms with Gasteiger partial charge in [-0.15, -0.1) is 12.4 Å². The van der Waals surface area contributed by atoms with Crippen molar-refractivity contribution in [3.63, 3.8) is 0 Å². The molecule has 1 saturated heterocycles. The Morgan fingerprint density at radius 3 is 2.44 bits per heavy atom. The quantitative estimate of drug-likeness (QED) is 0.444. The predicted molar refractivity (Wildman–Crippen MR) is 128 cm³/mol. The van der Waals surface area contributed by atoms with Crippen LogP contribution in [0.4, 0.5) is 0 Å². The Bertz CT molecular complexity index is 1320. The van der Waals surface area contributed by atoms with Crippen LogP contribution in [0.3, 0.4) is 0 Å². The van der Waals surface area contributed by atoms with E-state index in [0.717, 1.165) is 47.1 Å². The number of halogens is 1. The lowest BCUT2D eigenvalue weighted by Crippen LogP contribution is -2.49. The van der Waals surface area contributed by atoms with E-state index in [2.05, 4.69) is 33.1 Å². The molecular formula is C24H25ClN4O3. The molecule has 0 spiro atoms. The minimum atomic E-state index is -0.424. The van der Waals surface area contributed by atoms with Gasteiger partial charge in [0.2, 0.25) is 5.91 Å². The predicted octanol–water partition coefficient (Wildman–Crippen LogP) is 2.73. The highest BCUT2D eigenvalue weighted by Crippen LogP contribution is 2.25. The van der Waals surface area contributed by atoms with Gasteiger partial charge < -0.3 is 20.0 Å². The smallest absolute Gasteiger partial charge is 0.257 e. The van der Waals surface area contributed by atoms with Crippen LogP contribution >= 0.6 is 12.4 Å². The molecule has 1 aliphatic rings. The van der Waals surface area contributed by atoms with E-state index in [0.29, 0.717) is 18.7 Å². The SMILES string of the molecule is Cl.O=C(CO)N1CCN(Cc2ccc3[nH]c(-c4cc5ccccc5[nH]c4=O)cc3c2)CC1. The van der Waals surface area contributed by atoms with Crippen molar-refractivity contribution in [1.82, 2.24) is 19.8 Å². The number of pyridine rings is 1. The van der Waals surface area contributed by atoms with Crippen molar-refractivity contribution >= 4 is 40.1 Å². The van der Waals surface area contributed by atoms with Crippen molar-refractivity contribution in [2.24, 2.45) is 0 Å². The fraction of sp³-hybridized carbons (Fsp3) is 0.250. The summed E-state index contributed by atoms with van der Waals surface area (Å²) in [5.41, 5.74) is 4.32. The average molecular weight is 453 g/mol. The van der Waals surface area contributed by atoms with Crippen LogP contribution in [0.1, 0.15) is 5.56 Å². The number of aliphatic hydroxyl groups excluding tert-OH is 1. The summed E-state index contributed by atoms with van der Waals surface area (Å²) in [6, 6.07) is 18.0. The first-order valence-electron chi connectivity index (χ1n) is 10.5. The highest BCUT2D eigenvalue weighted by molar-refractivity contribution is 5.89. The number of nitrogens with zero attached hydrogens (tertiary/aromatic N) is 2. The van der Waals surface area contributed by atoms with Crippen molar-refractivity contribution in [2.45, 2.75) is 6.54 Å². The Balaban J connectivity index is 0.00000245. The van der Waals surface area contributed by atoms with Gasteiger partial charge in [-0.2, -0.15) is 0 Å². The van der Waals surface area contributed by atoms with E-state index in [1.807, 2.05) is 36.4 Å². The Labute approximate surface area is 191 Å². The number of amides is 1. The summed E-state index contributed by atoms with van der Waals surface area (Å²) in [6.45, 7) is 3.23. The maximum absolute atomic E-state index is 12.6. The monoisotopic (exact) mass is 452 g/mol. The second-order valence-corrected chi connectivity index (χ2v) is 8.02. The maximum Gasteiger partial charge on any atom is 0.257 e. The number of aromatic amines is 2. The zero-order valence-corrected chi connectivity index (χ0v) is 18.3. The summed E-state index contributed by atoms with van der Waals surface area (Å²) in [5, 5.41) is 11.1. The molecule has 0 radical (unpaired) electrons. The summed E-state index contributed by atoms with van der Waals surface area (Å²) in [5.74, 6) is -0.204. The van der Waals surface area contributed by atoms with Gasteiger partial charge in [0.25, 0.3) is 5.56 Å². The zero-order valence-electron chi connectivity index (χ0n) is 17.5. The normalized spacial score (nSPS) is 14.6. The molecule has 0 aliphatic carbocycles. The molecule has 166 valence electrons. The Morgan fingerprint density at radius 2 is 1.66 bits per heavy atom. The molecule has 0 unspecified atom stereocenters. The molecule has 2 aromatic carbocycles. The number of carbonyl (C=O) groups is 1. The van der Waals surface area contributed by atoms with Crippen molar-refractivity contribution in [2.75, 3.05) is 32.8 Å². The lowest BCUT2D eigenvalue weighted by atomic mass is 10.1. The van der Waals surface area contributed by atoms with Crippen LogP contribution in [0, 0.1) is 0 Å². The molecule has 5 rings (SSSR count). The molecule has 0 atom stereocenters. The summed E-state index contributed by atoms with van der Waals surface area (Å²) < 4.78 is 0. The molecule has 3 heterocycles. The van der Waals surface area contributed by atoms with Gasteiger partial charge in [-0.05, 0) is 41.3 Å². The molecule has 1 fully saturated rings. The number of nitrogens with one attached hydrogen (secondary N) is 2. The number of benzene rings is 2. The van der Waals surface area contributed by atoms with Crippen LogP contribution in [-0.4, -0.2) is 63.6 Å². The van der Waals surface area contributed by atoms with Gasteiger partial charge in [-0.25, -0.2) is 0 Å². The van der Waals surface area contributed by atoms with Crippen LogP contribution in [0.2, 0.25) is 0 Å². The first-order valence-corrected chi connectivity index (χ1v) is 10.5. The molecule has 0 saturated carbocycles.